The van der Waals surface area contributed by atoms with Crippen molar-refractivity contribution in [2.75, 3.05) is 13.2 Å². The number of hydrogen-bond donors (Lipinski definition) is 1. The van der Waals surface area contributed by atoms with Crippen molar-refractivity contribution < 1.29 is 9.13 Å². The van der Waals surface area contributed by atoms with E-state index >= 15 is 0 Å². The molecule has 0 aliphatic heterocycles. The predicted molar refractivity (Wildman–Crippen MR) is 72.0 cm³/mol. The molecule has 0 saturated heterocycles. The van der Waals surface area contributed by atoms with Gasteiger partial charge < -0.3 is 10.1 Å². The standard InChI is InChI=1S/C15H20FNO/c1-3-5-6-8-18-15-10-13(9-14(16)11-15)12-17-7-4-2/h9-11,17H,4,6-8,12H2,1-2H3. The summed E-state index contributed by atoms with van der Waals surface area (Å²) in [5.74, 6) is 6.01. The van der Waals surface area contributed by atoms with Crippen LogP contribution in [0.5, 0.6) is 5.75 Å². The van der Waals surface area contributed by atoms with Gasteiger partial charge in [0, 0.05) is 19.0 Å². The first-order valence-corrected chi connectivity index (χ1v) is 6.29. The maximum absolute atomic E-state index is 13.4. The van der Waals surface area contributed by atoms with E-state index in [0.29, 0.717) is 25.3 Å². The molecule has 2 nitrogen and oxygen atoms in total. The summed E-state index contributed by atoms with van der Waals surface area (Å²) in [5.41, 5.74) is 0.903. The Balaban J connectivity index is 2.53. The van der Waals surface area contributed by atoms with Gasteiger partial charge in [0.25, 0.3) is 0 Å². The first kappa shape index (κ1) is 14.5. The Kier molecular flexibility index (Phi) is 6.90. The summed E-state index contributed by atoms with van der Waals surface area (Å²) in [7, 11) is 0. The fourth-order valence-electron chi connectivity index (χ4n) is 1.56. The zero-order valence-corrected chi connectivity index (χ0v) is 11.1. The lowest BCUT2D eigenvalue weighted by Crippen LogP contribution is -2.14. The minimum Gasteiger partial charge on any atom is -0.492 e. The molecule has 0 spiro atoms. The smallest absolute Gasteiger partial charge is 0.127 e. The van der Waals surface area contributed by atoms with Crippen molar-refractivity contribution >= 4 is 0 Å². The van der Waals surface area contributed by atoms with Crippen LogP contribution < -0.4 is 10.1 Å². The topological polar surface area (TPSA) is 21.3 Å². The molecule has 18 heavy (non-hydrogen) atoms. The monoisotopic (exact) mass is 249 g/mol. The molecule has 3 heteroatoms. The van der Waals surface area contributed by atoms with Gasteiger partial charge in [-0.2, -0.15) is 0 Å². The van der Waals surface area contributed by atoms with Crippen LogP contribution in [0.4, 0.5) is 4.39 Å². The van der Waals surface area contributed by atoms with Gasteiger partial charge in [-0.15, -0.1) is 11.8 Å². The van der Waals surface area contributed by atoms with Gasteiger partial charge in [-0.3, -0.25) is 0 Å². The predicted octanol–water partition coefficient (Wildman–Crippen LogP) is 3.12. The minimum atomic E-state index is -0.262. The fraction of sp³-hybridized carbons (Fsp3) is 0.467. The quantitative estimate of drug-likeness (QED) is 0.592. The summed E-state index contributed by atoms with van der Waals surface area (Å²) in [6.07, 6.45) is 1.73. The lowest BCUT2D eigenvalue weighted by atomic mass is 10.2. The third-order valence-electron chi connectivity index (χ3n) is 2.36. The van der Waals surface area contributed by atoms with Crippen molar-refractivity contribution in [1.29, 1.82) is 0 Å². The minimum absolute atomic E-state index is 0.262. The van der Waals surface area contributed by atoms with Crippen LogP contribution in [0.2, 0.25) is 0 Å². The second-order valence-electron chi connectivity index (χ2n) is 4.00. The van der Waals surface area contributed by atoms with E-state index in [2.05, 4.69) is 24.1 Å². The van der Waals surface area contributed by atoms with Gasteiger partial charge in [0.2, 0.25) is 0 Å². The Hall–Kier alpha value is -1.53. The van der Waals surface area contributed by atoms with Gasteiger partial charge in [0.15, 0.2) is 0 Å². The molecule has 0 radical (unpaired) electrons. The number of ether oxygens (including phenoxy) is 1. The van der Waals surface area contributed by atoms with E-state index in [1.165, 1.54) is 12.1 Å². The second kappa shape index (κ2) is 8.54. The molecule has 1 aromatic rings. The molecule has 1 rings (SSSR count). The zero-order chi connectivity index (χ0) is 13.2. The largest absolute Gasteiger partial charge is 0.492 e. The first-order chi connectivity index (χ1) is 8.76. The highest BCUT2D eigenvalue weighted by Gasteiger charge is 2.01. The number of benzene rings is 1. The average Bonchev–Trinajstić information content (AvgIpc) is 2.34. The van der Waals surface area contributed by atoms with Gasteiger partial charge in [-0.25, -0.2) is 4.39 Å². The molecule has 0 bridgehead atoms. The summed E-state index contributed by atoms with van der Waals surface area (Å²) >= 11 is 0. The molecule has 1 N–H and O–H groups in total. The van der Waals surface area contributed by atoms with Crippen LogP contribution in [0.15, 0.2) is 18.2 Å². The van der Waals surface area contributed by atoms with E-state index in [4.69, 9.17) is 4.74 Å². The van der Waals surface area contributed by atoms with Crippen molar-refractivity contribution in [1.82, 2.24) is 5.32 Å². The van der Waals surface area contributed by atoms with Crippen LogP contribution in [0, 0.1) is 17.7 Å². The lowest BCUT2D eigenvalue weighted by Gasteiger charge is -2.08. The molecule has 0 aromatic heterocycles. The maximum atomic E-state index is 13.4. The third kappa shape index (κ3) is 5.70. The average molecular weight is 249 g/mol. The number of nitrogens with one attached hydrogen (secondary N) is 1. The van der Waals surface area contributed by atoms with Crippen molar-refractivity contribution in [2.24, 2.45) is 0 Å². The second-order valence-corrected chi connectivity index (χ2v) is 4.00. The van der Waals surface area contributed by atoms with Crippen LogP contribution in [-0.2, 0) is 6.54 Å². The molecular weight excluding hydrogens is 229 g/mol. The summed E-state index contributed by atoms with van der Waals surface area (Å²) in [5, 5.41) is 3.24. The molecule has 0 atom stereocenters. The molecule has 0 heterocycles. The van der Waals surface area contributed by atoms with Crippen molar-refractivity contribution in [3.05, 3.63) is 29.6 Å². The van der Waals surface area contributed by atoms with E-state index in [1.807, 2.05) is 6.07 Å². The summed E-state index contributed by atoms with van der Waals surface area (Å²) in [6.45, 7) is 5.98. The van der Waals surface area contributed by atoms with Crippen molar-refractivity contribution in [2.45, 2.75) is 33.2 Å². The van der Waals surface area contributed by atoms with E-state index < -0.39 is 0 Å². The van der Waals surface area contributed by atoms with Crippen molar-refractivity contribution in [3.8, 4) is 17.6 Å². The number of halogens is 1. The molecule has 0 aliphatic carbocycles. The molecule has 0 unspecified atom stereocenters. The molecule has 0 saturated carbocycles. The number of rotatable bonds is 7. The van der Waals surface area contributed by atoms with E-state index in [-0.39, 0.29) is 5.82 Å². The van der Waals surface area contributed by atoms with Crippen LogP contribution >= 0.6 is 0 Å². The Labute approximate surface area is 109 Å². The van der Waals surface area contributed by atoms with Gasteiger partial charge >= 0.3 is 0 Å². The summed E-state index contributed by atoms with van der Waals surface area (Å²) in [6, 6.07) is 4.80. The van der Waals surface area contributed by atoms with Crippen LogP contribution in [-0.4, -0.2) is 13.2 Å². The van der Waals surface area contributed by atoms with Crippen LogP contribution in [0.25, 0.3) is 0 Å². The molecule has 1 aromatic carbocycles. The highest BCUT2D eigenvalue weighted by atomic mass is 19.1. The van der Waals surface area contributed by atoms with Gasteiger partial charge in [0.05, 0.1) is 6.61 Å². The molecule has 98 valence electrons. The maximum Gasteiger partial charge on any atom is 0.127 e. The third-order valence-corrected chi connectivity index (χ3v) is 2.36. The molecule has 0 fully saturated rings. The fourth-order valence-corrected chi connectivity index (χ4v) is 1.56. The van der Waals surface area contributed by atoms with Gasteiger partial charge in [0.1, 0.15) is 11.6 Å². The summed E-state index contributed by atoms with van der Waals surface area (Å²) in [4.78, 5) is 0. The molecule has 0 aliphatic rings. The van der Waals surface area contributed by atoms with Crippen LogP contribution in [0.3, 0.4) is 0 Å². The Morgan fingerprint density at radius 1 is 1.33 bits per heavy atom. The lowest BCUT2D eigenvalue weighted by molar-refractivity contribution is 0.325. The highest BCUT2D eigenvalue weighted by Crippen LogP contribution is 2.16. The van der Waals surface area contributed by atoms with Crippen molar-refractivity contribution in [3.63, 3.8) is 0 Å². The Bertz CT molecular complexity index is 420. The van der Waals surface area contributed by atoms with E-state index in [9.17, 15) is 4.39 Å². The van der Waals surface area contributed by atoms with E-state index in [1.54, 1.807) is 6.92 Å². The first-order valence-electron chi connectivity index (χ1n) is 6.29. The Morgan fingerprint density at radius 2 is 2.17 bits per heavy atom. The van der Waals surface area contributed by atoms with Gasteiger partial charge in [-0.1, -0.05) is 6.92 Å². The normalized spacial score (nSPS) is 9.72. The van der Waals surface area contributed by atoms with E-state index in [0.717, 1.165) is 18.5 Å². The molecule has 0 amide bonds. The summed E-state index contributed by atoms with van der Waals surface area (Å²) < 4.78 is 18.8. The SMILES string of the molecule is CC#CCCOc1cc(F)cc(CNCCC)c1. The number of hydrogen-bond acceptors (Lipinski definition) is 2. The van der Waals surface area contributed by atoms with Crippen LogP contribution in [0.1, 0.15) is 32.3 Å². The Morgan fingerprint density at radius 3 is 2.89 bits per heavy atom. The molecular formula is C15H20FNO. The van der Waals surface area contributed by atoms with Gasteiger partial charge in [-0.05, 0) is 37.6 Å². The zero-order valence-electron chi connectivity index (χ0n) is 11.1. The highest BCUT2D eigenvalue weighted by molar-refractivity contribution is 5.29.